The van der Waals surface area contributed by atoms with E-state index in [1.807, 2.05) is 36.2 Å². The van der Waals surface area contributed by atoms with Crippen LogP contribution < -0.4 is 11.1 Å². The summed E-state index contributed by atoms with van der Waals surface area (Å²) in [7, 11) is 1.94. The molecule has 0 spiro atoms. The number of benzene rings is 1. The summed E-state index contributed by atoms with van der Waals surface area (Å²) in [4.78, 5) is 8.48. The SMILES string of the molecule is Cc1cc(C)cc(CN/C=C2/C=C(c3cn(C)c4ncnc(N)c34)C=CC2=N)c1. The van der Waals surface area contributed by atoms with Crippen LogP contribution in [-0.4, -0.2) is 20.2 Å². The highest BCUT2D eigenvalue weighted by molar-refractivity contribution is 6.14. The highest BCUT2D eigenvalue weighted by atomic mass is 15.0. The van der Waals surface area contributed by atoms with Gasteiger partial charge >= 0.3 is 0 Å². The molecule has 1 aliphatic carbocycles. The second kappa shape index (κ2) is 7.39. The van der Waals surface area contributed by atoms with Crippen LogP contribution >= 0.6 is 0 Å². The number of hydrogen-bond donors (Lipinski definition) is 3. The molecule has 4 N–H and O–H groups in total. The molecule has 0 saturated carbocycles. The van der Waals surface area contributed by atoms with E-state index in [0.29, 0.717) is 18.1 Å². The van der Waals surface area contributed by atoms with Crippen molar-refractivity contribution in [3.05, 3.63) is 83.0 Å². The molecule has 6 heteroatoms. The van der Waals surface area contributed by atoms with E-state index >= 15 is 0 Å². The Labute approximate surface area is 170 Å². The maximum absolute atomic E-state index is 8.27. The van der Waals surface area contributed by atoms with Gasteiger partial charge in [0.25, 0.3) is 0 Å². The minimum Gasteiger partial charge on any atom is -0.386 e. The van der Waals surface area contributed by atoms with Gasteiger partial charge in [-0.1, -0.05) is 35.4 Å². The maximum atomic E-state index is 8.27. The molecule has 2 heterocycles. The Kier molecular flexibility index (Phi) is 4.76. The van der Waals surface area contributed by atoms with Crippen LogP contribution in [-0.2, 0) is 13.6 Å². The fourth-order valence-electron chi connectivity index (χ4n) is 3.75. The van der Waals surface area contributed by atoms with E-state index in [2.05, 4.69) is 47.3 Å². The quantitative estimate of drug-likeness (QED) is 0.638. The summed E-state index contributed by atoms with van der Waals surface area (Å²) in [6, 6.07) is 6.51. The van der Waals surface area contributed by atoms with Crippen LogP contribution in [0.4, 0.5) is 5.82 Å². The number of allylic oxidation sites excluding steroid dienone is 5. The van der Waals surface area contributed by atoms with Crippen LogP contribution in [0, 0.1) is 19.3 Å². The molecule has 146 valence electrons. The largest absolute Gasteiger partial charge is 0.386 e. The predicted molar refractivity (Wildman–Crippen MR) is 119 cm³/mol. The summed E-state index contributed by atoms with van der Waals surface area (Å²) >= 11 is 0. The molecule has 1 aromatic carbocycles. The molecule has 0 saturated heterocycles. The van der Waals surface area contributed by atoms with Crippen LogP contribution in [0.5, 0.6) is 0 Å². The standard InChI is InChI=1S/C23H24N6/c1-14-6-15(2)8-16(7-14)10-26-11-18-9-17(4-5-20(18)24)19-12-29(3)23-21(19)22(25)27-13-28-23/h4-9,11-13,24,26H,10H2,1-3H3,(H2,25,27,28)/b18-11-,24-20?. The molecule has 0 unspecified atom stereocenters. The van der Waals surface area contributed by atoms with Gasteiger partial charge in [0.1, 0.15) is 17.8 Å². The first kappa shape index (κ1) is 18.7. The van der Waals surface area contributed by atoms with Crippen molar-refractivity contribution in [1.29, 1.82) is 5.41 Å². The molecule has 0 radical (unpaired) electrons. The number of nitrogens with one attached hydrogen (secondary N) is 2. The third kappa shape index (κ3) is 3.69. The molecule has 4 rings (SSSR count). The minimum absolute atomic E-state index is 0.457. The molecule has 0 aliphatic heterocycles. The Morgan fingerprint density at radius 3 is 2.66 bits per heavy atom. The number of aromatic nitrogens is 3. The van der Waals surface area contributed by atoms with Gasteiger partial charge in [-0.15, -0.1) is 0 Å². The molecule has 2 aromatic heterocycles. The third-order valence-corrected chi connectivity index (χ3v) is 4.99. The zero-order valence-electron chi connectivity index (χ0n) is 16.8. The monoisotopic (exact) mass is 384 g/mol. The van der Waals surface area contributed by atoms with Gasteiger partial charge in [-0.3, -0.25) is 0 Å². The smallest absolute Gasteiger partial charge is 0.145 e. The molecular formula is C23H24N6. The molecule has 0 fully saturated rings. The lowest BCUT2D eigenvalue weighted by atomic mass is 9.95. The first-order valence-electron chi connectivity index (χ1n) is 9.47. The van der Waals surface area contributed by atoms with Gasteiger partial charge in [0.15, 0.2) is 0 Å². The third-order valence-electron chi connectivity index (χ3n) is 4.99. The van der Waals surface area contributed by atoms with Gasteiger partial charge < -0.3 is 21.0 Å². The van der Waals surface area contributed by atoms with E-state index in [9.17, 15) is 0 Å². The molecule has 0 bridgehead atoms. The van der Waals surface area contributed by atoms with E-state index < -0.39 is 0 Å². The van der Waals surface area contributed by atoms with E-state index in [1.165, 1.54) is 23.0 Å². The fourth-order valence-corrected chi connectivity index (χ4v) is 3.75. The first-order chi connectivity index (χ1) is 13.9. The number of aryl methyl sites for hydroxylation is 3. The van der Waals surface area contributed by atoms with Crippen LogP contribution in [0.25, 0.3) is 16.6 Å². The lowest BCUT2D eigenvalue weighted by Gasteiger charge is -2.12. The topological polar surface area (TPSA) is 92.6 Å². The van der Waals surface area contributed by atoms with E-state index in [-0.39, 0.29) is 0 Å². The first-order valence-corrected chi connectivity index (χ1v) is 9.47. The summed E-state index contributed by atoms with van der Waals surface area (Å²) in [6.45, 7) is 4.91. The zero-order valence-corrected chi connectivity index (χ0v) is 16.8. The number of nitrogens with zero attached hydrogens (tertiary/aromatic N) is 3. The summed E-state index contributed by atoms with van der Waals surface area (Å²) in [5.74, 6) is 0.457. The Morgan fingerprint density at radius 2 is 1.90 bits per heavy atom. The van der Waals surface area contributed by atoms with E-state index in [1.54, 1.807) is 6.08 Å². The van der Waals surface area contributed by atoms with Gasteiger partial charge in [0.2, 0.25) is 0 Å². The normalized spacial score (nSPS) is 15.2. The maximum Gasteiger partial charge on any atom is 0.145 e. The van der Waals surface area contributed by atoms with Crippen molar-refractivity contribution in [3.8, 4) is 0 Å². The average molecular weight is 384 g/mol. The van der Waals surface area contributed by atoms with Crippen LogP contribution in [0.2, 0.25) is 0 Å². The summed E-state index contributed by atoms with van der Waals surface area (Å²) in [5.41, 5.74) is 13.9. The van der Waals surface area contributed by atoms with Gasteiger partial charge in [-0.25, -0.2) is 9.97 Å². The zero-order chi connectivity index (χ0) is 20.5. The van der Waals surface area contributed by atoms with E-state index in [0.717, 1.165) is 27.7 Å². The van der Waals surface area contributed by atoms with Gasteiger partial charge in [0, 0.05) is 37.1 Å². The fraction of sp³-hybridized carbons (Fsp3) is 0.174. The number of anilines is 1. The lowest BCUT2D eigenvalue weighted by molar-refractivity contribution is 0.864. The summed E-state index contributed by atoms with van der Waals surface area (Å²) in [6.07, 6.45) is 11.1. The second-order valence-electron chi connectivity index (χ2n) is 7.43. The average Bonchev–Trinajstić information content (AvgIpc) is 3.01. The highest BCUT2D eigenvalue weighted by Gasteiger charge is 2.16. The van der Waals surface area contributed by atoms with Crippen molar-refractivity contribution in [2.45, 2.75) is 20.4 Å². The summed E-state index contributed by atoms with van der Waals surface area (Å²) < 4.78 is 1.94. The number of rotatable bonds is 4. The Hall–Kier alpha value is -3.67. The Bertz CT molecular complexity index is 1190. The molecule has 3 aromatic rings. The van der Waals surface area contributed by atoms with Crippen molar-refractivity contribution in [3.63, 3.8) is 0 Å². The van der Waals surface area contributed by atoms with Crippen molar-refractivity contribution >= 4 is 28.1 Å². The molecule has 1 aliphatic rings. The predicted octanol–water partition coefficient (Wildman–Crippen LogP) is 3.81. The van der Waals surface area contributed by atoms with Crippen molar-refractivity contribution < 1.29 is 0 Å². The highest BCUT2D eigenvalue weighted by Crippen LogP contribution is 2.32. The minimum atomic E-state index is 0.457. The number of nitrogens with two attached hydrogens (primary N) is 1. The van der Waals surface area contributed by atoms with E-state index in [4.69, 9.17) is 11.1 Å². The molecule has 6 nitrogen and oxygen atoms in total. The van der Waals surface area contributed by atoms with Crippen molar-refractivity contribution in [1.82, 2.24) is 19.9 Å². The molecule has 29 heavy (non-hydrogen) atoms. The number of hydrogen-bond acceptors (Lipinski definition) is 5. The molecule has 0 amide bonds. The number of fused-ring (bicyclic) bond motifs is 1. The lowest BCUT2D eigenvalue weighted by Crippen LogP contribution is -2.10. The van der Waals surface area contributed by atoms with Crippen LogP contribution in [0.15, 0.2) is 60.7 Å². The molecule has 0 atom stereocenters. The Morgan fingerprint density at radius 1 is 1.14 bits per heavy atom. The second-order valence-corrected chi connectivity index (χ2v) is 7.43. The summed E-state index contributed by atoms with van der Waals surface area (Å²) in [5, 5.41) is 12.4. The number of nitrogen functional groups attached to an aromatic ring is 1. The van der Waals surface area contributed by atoms with Crippen LogP contribution in [0.3, 0.4) is 0 Å². The molecular weight excluding hydrogens is 360 g/mol. The van der Waals surface area contributed by atoms with Crippen molar-refractivity contribution in [2.24, 2.45) is 7.05 Å². The Balaban J connectivity index is 1.63. The van der Waals surface area contributed by atoms with Crippen molar-refractivity contribution in [2.75, 3.05) is 5.73 Å². The van der Waals surface area contributed by atoms with Gasteiger partial charge in [-0.2, -0.15) is 0 Å². The van der Waals surface area contributed by atoms with Gasteiger partial charge in [-0.05, 0) is 37.1 Å². The van der Waals surface area contributed by atoms with Crippen LogP contribution in [0.1, 0.15) is 22.3 Å². The van der Waals surface area contributed by atoms with Gasteiger partial charge in [0.05, 0.1) is 11.1 Å².